The summed E-state index contributed by atoms with van der Waals surface area (Å²) in [5, 5.41) is 8.74. The van der Waals surface area contributed by atoms with Crippen molar-refractivity contribution in [1.29, 1.82) is 0 Å². The van der Waals surface area contributed by atoms with Gasteiger partial charge in [-0.15, -0.1) is 11.3 Å². The number of benzene rings is 1. The standard InChI is InChI=1S/C19H26N6S/c1-4-24(17-7-5-6-15(2)12-17)9-8-21-18(20-3)22-13-16-14-25-10-11-26-19(25)23-16/h5-7,10-12,14H,4,8-9,13H2,1-3H3,(H2,20,21,22). The molecule has 6 nitrogen and oxygen atoms in total. The quantitative estimate of drug-likeness (QED) is 0.496. The van der Waals surface area contributed by atoms with Gasteiger partial charge >= 0.3 is 0 Å². The second kappa shape index (κ2) is 8.71. The number of anilines is 1. The van der Waals surface area contributed by atoms with E-state index in [0.717, 1.165) is 36.2 Å². The lowest BCUT2D eigenvalue weighted by molar-refractivity contribution is 0.747. The molecule has 0 radical (unpaired) electrons. The molecule has 3 rings (SSSR count). The third-order valence-electron chi connectivity index (χ3n) is 4.23. The Morgan fingerprint density at radius 3 is 2.96 bits per heavy atom. The number of likely N-dealkylation sites (N-methyl/N-ethyl adjacent to an activating group) is 1. The van der Waals surface area contributed by atoms with Crippen molar-refractivity contribution in [3.63, 3.8) is 0 Å². The van der Waals surface area contributed by atoms with E-state index in [4.69, 9.17) is 0 Å². The molecular formula is C19H26N6S. The lowest BCUT2D eigenvalue weighted by Gasteiger charge is -2.24. The number of hydrogen-bond acceptors (Lipinski definition) is 4. The number of rotatable bonds is 7. The van der Waals surface area contributed by atoms with Crippen LogP contribution >= 0.6 is 11.3 Å². The Hall–Kier alpha value is -2.54. The molecule has 138 valence electrons. The molecule has 0 saturated heterocycles. The second-order valence-corrected chi connectivity index (χ2v) is 6.97. The van der Waals surface area contributed by atoms with Crippen LogP contribution in [-0.2, 0) is 6.54 Å². The number of thiazole rings is 1. The Kier molecular flexibility index (Phi) is 6.12. The molecule has 26 heavy (non-hydrogen) atoms. The van der Waals surface area contributed by atoms with Gasteiger partial charge in [0.25, 0.3) is 0 Å². The Balaban J connectivity index is 1.48. The monoisotopic (exact) mass is 370 g/mol. The fraction of sp³-hybridized carbons (Fsp3) is 0.368. The first kappa shape index (κ1) is 18.3. The van der Waals surface area contributed by atoms with Crippen LogP contribution < -0.4 is 15.5 Å². The minimum absolute atomic E-state index is 0.656. The van der Waals surface area contributed by atoms with Crippen LogP contribution in [0.2, 0.25) is 0 Å². The van der Waals surface area contributed by atoms with Crippen molar-refractivity contribution in [1.82, 2.24) is 20.0 Å². The summed E-state index contributed by atoms with van der Waals surface area (Å²) < 4.78 is 2.04. The molecule has 0 amide bonds. The summed E-state index contributed by atoms with van der Waals surface area (Å²) >= 11 is 1.64. The first-order valence-electron chi connectivity index (χ1n) is 8.87. The zero-order valence-electron chi connectivity index (χ0n) is 15.6. The SMILES string of the molecule is CCN(CCNC(=NC)NCc1cn2ccsc2n1)c1cccc(C)c1. The number of imidazole rings is 1. The third-order valence-corrected chi connectivity index (χ3v) is 5.00. The first-order chi connectivity index (χ1) is 12.7. The molecule has 2 heterocycles. The average molecular weight is 371 g/mol. The minimum Gasteiger partial charge on any atom is -0.370 e. The van der Waals surface area contributed by atoms with Crippen molar-refractivity contribution < 1.29 is 0 Å². The van der Waals surface area contributed by atoms with E-state index in [1.807, 2.05) is 22.2 Å². The molecule has 0 fully saturated rings. The normalized spacial score (nSPS) is 11.7. The number of aliphatic imine (C=N–C) groups is 1. The molecule has 0 unspecified atom stereocenters. The van der Waals surface area contributed by atoms with Crippen LogP contribution in [0.4, 0.5) is 5.69 Å². The van der Waals surface area contributed by atoms with Crippen LogP contribution in [0, 0.1) is 6.92 Å². The van der Waals surface area contributed by atoms with Gasteiger partial charge < -0.3 is 15.5 Å². The van der Waals surface area contributed by atoms with Gasteiger partial charge in [-0.25, -0.2) is 4.98 Å². The van der Waals surface area contributed by atoms with Gasteiger partial charge in [0.05, 0.1) is 12.2 Å². The Morgan fingerprint density at radius 2 is 2.23 bits per heavy atom. The van der Waals surface area contributed by atoms with Crippen LogP contribution in [0.25, 0.3) is 4.96 Å². The highest BCUT2D eigenvalue weighted by atomic mass is 32.1. The Bertz CT molecular complexity index is 837. The smallest absolute Gasteiger partial charge is 0.193 e. The van der Waals surface area contributed by atoms with Crippen molar-refractivity contribution in [3.05, 3.63) is 53.3 Å². The predicted molar refractivity (Wildman–Crippen MR) is 110 cm³/mol. The fourth-order valence-corrected chi connectivity index (χ4v) is 3.58. The van der Waals surface area contributed by atoms with Gasteiger partial charge in [-0.1, -0.05) is 12.1 Å². The highest BCUT2D eigenvalue weighted by Crippen LogP contribution is 2.15. The van der Waals surface area contributed by atoms with E-state index < -0.39 is 0 Å². The predicted octanol–water partition coefficient (Wildman–Crippen LogP) is 2.90. The molecule has 0 aliphatic carbocycles. The number of fused-ring (bicyclic) bond motifs is 1. The van der Waals surface area contributed by atoms with E-state index in [9.17, 15) is 0 Å². The molecule has 7 heteroatoms. The van der Waals surface area contributed by atoms with Crippen LogP contribution in [0.5, 0.6) is 0 Å². The summed E-state index contributed by atoms with van der Waals surface area (Å²) in [5.74, 6) is 0.793. The highest BCUT2D eigenvalue weighted by Gasteiger charge is 2.06. The van der Waals surface area contributed by atoms with Gasteiger partial charge in [0.2, 0.25) is 0 Å². The molecule has 0 aliphatic rings. The van der Waals surface area contributed by atoms with Crippen LogP contribution in [0.15, 0.2) is 47.0 Å². The maximum Gasteiger partial charge on any atom is 0.193 e. The van der Waals surface area contributed by atoms with E-state index in [0.29, 0.717) is 6.54 Å². The van der Waals surface area contributed by atoms with Gasteiger partial charge in [-0.3, -0.25) is 9.39 Å². The van der Waals surface area contributed by atoms with Crippen molar-refractivity contribution in [3.8, 4) is 0 Å². The van der Waals surface area contributed by atoms with E-state index in [1.54, 1.807) is 18.4 Å². The van der Waals surface area contributed by atoms with Gasteiger partial charge in [0.1, 0.15) is 0 Å². The highest BCUT2D eigenvalue weighted by molar-refractivity contribution is 7.15. The maximum absolute atomic E-state index is 4.58. The lowest BCUT2D eigenvalue weighted by atomic mass is 10.2. The summed E-state index contributed by atoms with van der Waals surface area (Å²) in [7, 11) is 1.79. The zero-order valence-corrected chi connectivity index (χ0v) is 16.4. The van der Waals surface area contributed by atoms with Crippen molar-refractivity contribution in [2.75, 3.05) is 31.6 Å². The average Bonchev–Trinajstić information content (AvgIpc) is 3.23. The molecule has 1 aromatic carbocycles. The summed E-state index contributed by atoms with van der Waals surface area (Å²) in [5.41, 5.74) is 3.55. The van der Waals surface area contributed by atoms with E-state index >= 15 is 0 Å². The lowest BCUT2D eigenvalue weighted by Crippen LogP contribution is -2.41. The molecular weight excluding hydrogens is 344 g/mol. The maximum atomic E-state index is 4.58. The van der Waals surface area contributed by atoms with E-state index in [2.05, 4.69) is 63.6 Å². The molecule has 0 spiro atoms. The van der Waals surface area contributed by atoms with Gasteiger partial charge in [-0.2, -0.15) is 0 Å². The van der Waals surface area contributed by atoms with Crippen LogP contribution in [0.3, 0.4) is 0 Å². The molecule has 2 aromatic heterocycles. The van der Waals surface area contributed by atoms with Crippen molar-refractivity contribution in [2.24, 2.45) is 4.99 Å². The minimum atomic E-state index is 0.656. The molecule has 3 aromatic rings. The van der Waals surface area contributed by atoms with E-state index in [1.165, 1.54) is 11.3 Å². The van der Waals surface area contributed by atoms with Gasteiger partial charge in [0, 0.05) is 50.1 Å². The largest absolute Gasteiger partial charge is 0.370 e. The summed E-state index contributed by atoms with van der Waals surface area (Å²) in [6, 6.07) is 8.62. The van der Waals surface area contributed by atoms with Crippen molar-refractivity contribution in [2.45, 2.75) is 20.4 Å². The third kappa shape index (κ3) is 4.54. The zero-order chi connectivity index (χ0) is 18.4. The first-order valence-corrected chi connectivity index (χ1v) is 9.74. The second-order valence-electron chi connectivity index (χ2n) is 6.10. The Labute approximate surface area is 158 Å². The number of aromatic nitrogens is 2. The molecule has 0 saturated carbocycles. The topological polar surface area (TPSA) is 57.0 Å². The molecule has 0 aliphatic heterocycles. The summed E-state index contributed by atoms with van der Waals surface area (Å²) in [6.45, 7) is 7.67. The van der Waals surface area contributed by atoms with Crippen LogP contribution in [0.1, 0.15) is 18.2 Å². The Morgan fingerprint density at radius 1 is 1.35 bits per heavy atom. The molecule has 2 N–H and O–H groups in total. The van der Waals surface area contributed by atoms with Crippen LogP contribution in [-0.4, -0.2) is 42.0 Å². The number of aryl methyl sites for hydroxylation is 1. The van der Waals surface area contributed by atoms with Gasteiger partial charge in [0.15, 0.2) is 10.9 Å². The number of nitrogens with zero attached hydrogens (tertiary/aromatic N) is 4. The van der Waals surface area contributed by atoms with Crippen molar-refractivity contribution >= 4 is 27.9 Å². The number of nitrogens with one attached hydrogen (secondary N) is 2. The summed E-state index contributed by atoms with van der Waals surface area (Å²) in [6.07, 6.45) is 4.07. The number of hydrogen-bond donors (Lipinski definition) is 2. The molecule has 0 bridgehead atoms. The fourth-order valence-electron chi connectivity index (χ4n) is 2.86. The summed E-state index contributed by atoms with van der Waals surface area (Å²) in [4.78, 5) is 12.2. The van der Waals surface area contributed by atoms with E-state index in [-0.39, 0.29) is 0 Å². The van der Waals surface area contributed by atoms with Gasteiger partial charge in [-0.05, 0) is 31.5 Å². The molecule has 0 atom stereocenters. The number of guanidine groups is 1.